The quantitative estimate of drug-likeness (QED) is 0.735. The average Bonchev–Trinajstić information content (AvgIpc) is 2.83. The van der Waals surface area contributed by atoms with Crippen LogP contribution in [-0.2, 0) is 4.74 Å². The van der Waals surface area contributed by atoms with Crippen LogP contribution in [0.1, 0.15) is 36.5 Å². The molecule has 1 fully saturated rings. The molecule has 0 radical (unpaired) electrons. The van der Waals surface area contributed by atoms with Crippen LogP contribution in [0.2, 0.25) is 0 Å². The van der Waals surface area contributed by atoms with E-state index in [4.69, 9.17) is 9.47 Å². The lowest BCUT2D eigenvalue weighted by atomic mass is 10.1. The Kier molecular flexibility index (Phi) is 4.15. The van der Waals surface area contributed by atoms with Gasteiger partial charge in [0.15, 0.2) is 5.78 Å². The third kappa shape index (κ3) is 3.56. The second kappa shape index (κ2) is 5.82. The Morgan fingerprint density at radius 2 is 2.18 bits per heavy atom. The number of carbonyl (C=O) groups is 1. The molecule has 0 amide bonds. The molecule has 3 nitrogen and oxygen atoms in total. The van der Waals surface area contributed by atoms with Crippen LogP contribution in [0.5, 0.6) is 5.75 Å². The maximum atomic E-state index is 11.1. The molecule has 1 aliphatic heterocycles. The first-order valence-corrected chi connectivity index (χ1v) is 6.11. The number of ether oxygens (including phenoxy) is 2. The van der Waals surface area contributed by atoms with Gasteiger partial charge in [0.2, 0.25) is 0 Å². The predicted molar refractivity (Wildman–Crippen MR) is 65.5 cm³/mol. The van der Waals surface area contributed by atoms with Crippen molar-refractivity contribution < 1.29 is 14.3 Å². The Hall–Kier alpha value is -1.35. The van der Waals surface area contributed by atoms with Crippen LogP contribution in [0.25, 0.3) is 0 Å². The number of carbonyl (C=O) groups excluding carboxylic acids is 1. The Balaban J connectivity index is 1.76. The fourth-order valence-corrected chi connectivity index (χ4v) is 1.97. The zero-order chi connectivity index (χ0) is 12.1. The highest BCUT2D eigenvalue weighted by Gasteiger charge is 2.14. The molecule has 1 heterocycles. The van der Waals surface area contributed by atoms with Crippen molar-refractivity contribution in [3.8, 4) is 5.75 Å². The molecule has 0 saturated carbocycles. The molecule has 1 aliphatic rings. The van der Waals surface area contributed by atoms with Crippen LogP contribution >= 0.6 is 0 Å². The Morgan fingerprint density at radius 1 is 1.41 bits per heavy atom. The van der Waals surface area contributed by atoms with Crippen LogP contribution in [-0.4, -0.2) is 25.1 Å². The third-order valence-corrected chi connectivity index (χ3v) is 2.99. The van der Waals surface area contributed by atoms with E-state index in [0.717, 1.165) is 37.2 Å². The zero-order valence-corrected chi connectivity index (χ0v) is 10.1. The minimum absolute atomic E-state index is 0.0795. The van der Waals surface area contributed by atoms with Crippen molar-refractivity contribution >= 4 is 5.78 Å². The van der Waals surface area contributed by atoms with Gasteiger partial charge in [-0.25, -0.2) is 0 Å². The van der Waals surface area contributed by atoms with E-state index in [1.165, 1.54) is 0 Å². The van der Waals surface area contributed by atoms with Crippen molar-refractivity contribution in [2.75, 3.05) is 13.2 Å². The highest BCUT2D eigenvalue weighted by Crippen LogP contribution is 2.17. The monoisotopic (exact) mass is 234 g/mol. The Labute approximate surface area is 102 Å². The smallest absolute Gasteiger partial charge is 0.159 e. The maximum absolute atomic E-state index is 11.1. The standard InChI is InChI=1S/C14H18O3/c1-11(15)12-4-6-14(7-5-12)17-10-8-13-3-2-9-16-13/h4-7,13H,2-3,8-10H2,1H3. The molecule has 1 saturated heterocycles. The molecule has 3 heteroatoms. The van der Waals surface area contributed by atoms with Gasteiger partial charge in [-0.05, 0) is 44.0 Å². The first kappa shape index (κ1) is 12.1. The van der Waals surface area contributed by atoms with E-state index >= 15 is 0 Å². The molecule has 0 spiro atoms. The van der Waals surface area contributed by atoms with Gasteiger partial charge >= 0.3 is 0 Å². The largest absolute Gasteiger partial charge is 0.493 e. The van der Waals surface area contributed by atoms with Crippen molar-refractivity contribution in [3.05, 3.63) is 29.8 Å². The van der Waals surface area contributed by atoms with Crippen LogP contribution in [0.4, 0.5) is 0 Å². The highest BCUT2D eigenvalue weighted by atomic mass is 16.5. The summed E-state index contributed by atoms with van der Waals surface area (Å²) in [6, 6.07) is 7.27. The van der Waals surface area contributed by atoms with Gasteiger partial charge in [0.1, 0.15) is 5.75 Å². The molecule has 0 N–H and O–H groups in total. The number of ketones is 1. The van der Waals surface area contributed by atoms with Gasteiger partial charge in [-0.15, -0.1) is 0 Å². The summed E-state index contributed by atoms with van der Waals surface area (Å²) < 4.78 is 11.1. The lowest BCUT2D eigenvalue weighted by molar-refractivity contribution is 0.0903. The van der Waals surface area contributed by atoms with Gasteiger partial charge in [-0.3, -0.25) is 4.79 Å². The molecule has 2 rings (SSSR count). The van der Waals surface area contributed by atoms with Gasteiger partial charge in [-0.2, -0.15) is 0 Å². The number of benzene rings is 1. The first-order chi connectivity index (χ1) is 8.25. The van der Waals surface area contributed by atoms with E-state index in [2.05, 4.69) is 0 Å². The minimum atomic E-state index is 0.0795. The fraction of sp³-hybridized carbons (Fsp3) is 0.500. The SMILES string of the molecule is CC(=O)c1ccc(OCCC2CCCO2)cc1. The minimum Gasteiger partial charge on any atom is -0.493 e. The van der Waals surface area contributed by atoms with E-state index in [9.17, 15) is 4.79 Å². The van der Waals surface area contributed by atoms with Gasteiger partial charge in [0, 0.05) is 18.6 Å². The van der Waals surface area contributed by atoms with Gasteiger partial charge in [-0.1, -0.05) is 0 Å². The molecule has 0 bridgehead atoms. The number of rotatable bonds is 5. The summed E-state index contributed by atoms with van der Waals surface area (Å²) in [5.74, 6) is 0.893. The van der Waals surface area contributed by atoms with Gasteiger partial charge < -0.3 is 9.47 Å². The van der Waals surface area contributed by atoms with E-state index in [1.807, 2.05) is 12.1 Å². The van der Waals surface area contributed by atoms with Crippen molar-refractivity contribution in [3.63, 3.8) is 0 Å². The first-order valence-electron chi connectivity index (χ1n) is 6.11. The molecule has 1 unspecified atom stereocenters. The summed E-state index contributed by atoms with van der Waals surface area (Å²) in [5, 5.41) is 0. The Morgan fingerprint density at radius 3 is 2.76 bits per heavy atom. The zero-order valence-electron chi connectivity index (χ0n) is 10.1. The van der Waals surface area contributed by atoms with E-state index < -0.39 is 0 Å². The second-order valence-corrected chi connectivity index (χ2v) is 4.35. The van der Waals surface area contributed by atoms with Crippen LogP contribution in [0.15, 0.2) is 24.3 Å². The topological polar surface area (TPSA) is 35.5 Å². The summed E-state index contributed by atoms with van der Waals surface area (Å²) >= 11 is 0. The molecular weight excluding hydrogens is 216 g/mol. The van der Waals surface area contributed by atoms with Gasteiger partial charge in [0.25, 0.3) is 0 Å². The van der Waals surface area contributed by atoms with E-state index in [0.29, 0.717) is 12.7 Å². The number of Topliss-reactive ketones (excluding diaryl/α,β-unsaturated/α-hetero) is 1. The molecule has 1 atom stereocenters. The highest BCUT2D eigenvalue weighted by molar-refractivity contribution is 5.94. The fourth-order valence-electron chi connectivity index (χ4n) is 1.97. The number of hydrogen-bond acceptors (Lipinski definition) is 3. The molecule has 0 aromatic heterocycles. The molecule has 1 aromatic carbocycles. The molecule has 92 valence electrons. The summed E-state index contributed by atoms with van der Waals surface area (Å²) in [6.07, 6.45) is 3.62. The summed E-state index contributed by atoms with van der Waals surface area (Å²) in [5.41, 5.74) is 0.719. The van der Waals surface area contributed by atoms with E-state index in [-0.39, 0.29) is 5.78 Å². The van der Waals surface area contributed by atoms with Crippen molar-refractivity contribution in [1.29, 1.82) is 0 Å². The predicted octanol–water partition coefficient (Wildman–Crippen LogP) is 2.84. The number of hydrogen-bond donors (Lipinski definition) is 0. The van der Waals surface area contributed by atoms with Crippen LogP contribution < -0.4 is 4.74 Å². The van der Waals surface area contributed by atoms with Crippen molar-refractivity contribution in [2.45, 2.75) is 32.3 Å². The van der Waals surface area contributed by atoms with Crippen LogP contribution in [0.3, 0.4) is 0 Å². The lowest BCUT2D eigenvalue weighted by Gasteiger charge is -2.10. The molecule has 17 heavy (non-hydrogen) atoms. The van der Waals surface area contributed by atoms with Crippen molar-refractivity contribution in [2.24, 2.45) is 0 Å². The lowest BCUT2D eigenvalue weighted by Crippen LogP contribution is -2.10. The van der Waals surface area contributed by atoms with Crippen LogP contribution in [0, 0.1) is 0 Å². The normalized spacial score (nSPS) is 19.2. The van der Waals surface area contributed by atoms with Gasteiger partial charge in [0.05, 0.1) is 12.7 Å². The van der Waals surface area contributed by atoms with Crippen molar-refractivity contribution in [1.82, 2.24) is 0 Å². The summed E-state index contributed by atoms with van der Waals surface area (Å²) in [4.78, 5) is 11.1. The summed E-state index contributed by atoms with van der Waals surface area (Å²) in [6.45, 7) is 3.12. The third-order valence-electron chi connectivity index (χ3n) is 2.99. The summed E-state index contributed by atoms with van der Waals surface area (Å²) in [7, 11) is 0. The molecular formula is C14H18O3. The molecule has 0 aliphatic carbocycles. The molecule has 1 aromatic rings. The Bertz CT molecular complexity index is 364. The van der Waals surface area contributed by atoms with E-state index in [1.54, 1.807) is 19.1 Å². The second-order valence-electron chi connectivity index (χ2n) is 4.35. The average molecular weight is 234 g/mol. The maximum Gasteiger partial charge on any atom is 0.159 e.